The van der Waals surface area contributed by atoms with Crippen molar-refractivity contribution < 1.29 is 27.8 Å². The van der Waals surface area contributed by atoms with Crippen LogP contribution in [0.3, 0.4) is 0 Å². The van der Waals surface area contributed by atoms with Gasteiger partial charge >= 0.3 is 6.18 Å². The maximum atomic E-state index is 12.9. The summed E-state index contributed by atoms with van der Waals surface area (Å²) in [5, 5.41) is 12.0. The summed E-state index contributed by atoms with van der Waals surface area (Å²) >= 11 is 0. The molecule has 1 aliphatic rings. The third-order valence-electron chi connectivity index (χ3n) is 6.40. The number of ether oxygens (including phenoxy) is 1. The highest BCUT2D eigenvalue weighted by Gasteiger charge is 2.41. The number of alkyl halides is 3. The standard InChI is InChI=1S/C16H11F3O.C15H12O2/c17-16(18,19)15(20)14-12-7-3-1-5-10(12)9-11-6-2-4-8-13(11)14;16-13-10-15(11-6-2-1-3-7-11)17-14-9-5-4-8-12(13)14/h1-9,15,20H;1-9,15H,10H2. The Labute approximate surface area is 211 Å². The van der Waals surface area contributed by atoms with Gasteiger partial charge in [0.05, 0.1) is 12.0 Å². The summed E-state index contributed by atoms with van der Waals surface area (Å²) in [5.74, 6) is 0.846. The average molecular weight is 501 g/mol. The number of aliphatic hydroxyl groups is 1. The van der Waals surface area contributed by atoms with E-state index in [4.69, 9.17) is 4.74 Å². The van der Waals surface area contributed by atoms with E-state index < -0.39 is 12.3 Å². The Bertz CT molecular complexity index is 1510. The van der Waals surface area contributed by atoms with E-state index in [2.05, 4.69) is 0 Å². The Morgan fingerprint density at radius 1 is 0.757 bits per heavy atom. The molecule has 2 atom stereocenters. The van der Waals surface area contributed by atoms with Crippen molar-refractivity contribution in [1.29, 1.82) is 0 Å². The maximum Gasteiger partial charge on any atom is 0.418 e. The van der Waals surface area contributed by atoms with Crippen molar-refractivity contribution in [1.82, 2.24) is 0 Å². The molecule has 0 fully saturated rings. The zero-order chi connectivity index (χ0) is 26.0. The molecule has 186 valence electrons. The summed E-state index contributed by atoms with van der Waals surface area (Å²) in [7, 11) is 0. The summed E-state index contributed by atoms with van der Waals surface area (Å²) in [5.41, 5.74) is 1.67. The molecule has 5 aromatic carbocycles. The zero-order valence-electron chi connectivity index (χ0n) is 19.7. The number of halogens is 3. The van der Waals surface area contributed by atoms with Gasteiger partial charge in [0.2, 0.25) is 0 Å². The van der Waals surface area contributed by atoms with Crippen molar-refractivity contribution in [3.63, 3.8) is 0 Å². The SMILES string of the molecule is O=C1CC(c2ccccc2)Oc2ccccc21.OC(c1c2ccccc2cc2ccccc12)C(F)(F)F. The van der Waals surface area contributed by atoms with E-state index in [0.29, 0.717) is 39.3 Å². The predicted molar refractivity (Wildman–Crippen MR) is 138 cm³/mol. The van der Waals surface area contributed by atoms with Crippen LogP contribution in [0, 0.1) is 0 Å². The van der Waals surface area contributed by atoms with Crippen molar-refractivity contribution >= 4 is 27.3 Å². The minimum Gasteiger partial charge on any atom is -0.484 e. The fourth-order valence-electron chi connectivity index (χ4n) is 4.63. The zero-order valence-corrected chi connectivity index (χ0v) is 19.7. The molecule has 1 heterocycles. The van der Waals surface area contributed by atoms with Crippen LogP contribution < -0.4 is 4.74 Å². The van der Waals surface area contributed by atoms with E-state index in [1.54, 1.807) is 48.5 Å². The van der Waals surface area contributed by atoms with Gasteiger partial charge in [-0.1, -0.05) is 91.0 Å². The molecule has 0 radical (unpaired) electrons. The largest absolute Gasteiger partial charge is 0.484 e. The molecule has 1 aliphatic heterocycles. The molecule has 2 unspecified atom stereocenters. The summed E-state index contributed by atoms with van der Waals surface area (Å²) < 4.78 is 44.7. The normalized spacial score (nSPS) is 15.9. The number of aliphatic hydroxyl groups excluding tert-OH is 1. The lowest BCUT2D eigenvalue weighted by atomic mass is 9.93. The Hall–Kier alpha value is -4.16. The lowest BCUT2D eigenvalue weighted by Gasteiger charge is -2.25. The van der Waals surface area contributed by atoms with Gasteiger partial charge < -0.3 is 9.84 Å². The minimum absolute atomic E-state index is 0.0776. The van der Waals surface area contributed by atoms with Gasteiger partial charge in [0.15, 0.2) is 11.9 Å². The van der Waals surface area contributed by atoms with Crippen LogP contribution in [0.5, 0.6) is 5.75 Å². The molecular weight excluding hydrogens is 477 g/mol. The molecular formula is C31H23F3O3. The minimum atomic E-state index is -4.69. The molecule has 5 aromatic rings. The summed E-state index contributed by atoms with van der Waals surface area (Å²) in [4.78, 5) is 12.0. The van der Waals surface area contributed by atoms with E-state index >= 15 is 0 Å². The number of ketones is 1. The predicted octanol–water partition coefficient (Wildman–Crippen LogP) is 7.98. The van der Waals surface area contributed by atoms with Gasteiger partial charge in [0, 0.05) is 5.56 Å². The lowest BCUT2D eigenvalue weighted by molar-refractivity contribution is -0.206. The van der Waals surface area contributed by atoms with Crippen molar-refractivity contribution in [3.8, 4) is 5.75 Å². The number of carbonyl (C=O) groups excluding carboxylic acids is 1. The first-order chi connectivity index (χ1) is 17.8. The van der Waals surface area contributed by atoms with Crippen LogP contribution in [0.25, 0.3) is 21.5 Å². The highest BCUT2D eigenvalue weighted by Crippen LogP contribution is 2.40. The number of rotatable bonds is 2. The van der Waals surface area contributed by atoms with E-state index in [-0.39, 0.29) is 17.5 Å². The van der Waals surface area contributed by atoms with Crippen molar-refractivity contribution in [2.24, 2.45) is 0 Å². The maximum absolute atomic E-state index is 12.9. The van der Waals surface area contributed by atoms with Crippen LogP contribution in [-0.4, -0.2) is 17.1 Å². The molecule has 0 saturated heterocycles. The van der Waals surface area contributed by atoms with Gasteiger partial charge in [0.25, 0.3) is 0 Å². The fraction of sp³-hybridized carbons (Fsp3) is 0.129. The Morgan fingerprint density at radius 3 is 1.92 bits per heavy atom. The van der Waals surface area contributed by atoms with Gasteiger partial charge in [-0.3, -0.25) is 4.79 Å². The molecule has 0 spiro atoms. The van der Waals surface area contributed by atoms with Crippen LogP contribution >= 0.6 is 0 Å². The smallest absolute Gasteiger partial charge is 0.418 e. The second-order valence-electron chi connectivity index (χ2n) is 8.82. The van der Waals surface area contributed by atoms with Crippen molar-refractivity contribution in [3.05, 3.63) is 126 Å². The third-order valence-corrected chi connectivity index (χ3v) is 6.40. The number of Topliss-reactive ketones (excluding diaryl/α,β-unsaturated/α-hetero) is 1. The molecule has 3 nitrogen and oxygen atoms in total. The lowest BCUT2D eigenvalue weighted by Crippen LogP contribution is -2.20. The van der Waals surface area contributed by atoms with Gasteiger partial charge in [-0.25, -0.2) is 0 Å². The van der Waals surface area contributed by atoms with Crippen LogP contribution in [0.1, 0.15) is 40.1 Å². The Kier molecular flexibility index (Phi) is 6.68. The second kappa shape index (κ2) is 10.1. The molecule has 6 rings (SSSR count). The monoisotopic (exact) mass is 500 g/mol. The van der Waals surface area contributed by atoms with Gasteiger partial charge in [-0.2, -0.15) is 13.2 Å². The van der Waals surface area contributed by atoms with Crippen LogP contribution in [-0.2, 0) is 0 Å². The van der Waals surface area contributed by atoms with Gasteiger partial charge in [0.1, 0.15) is 11.9 Å². The number of benzene rings is 5. The molecule has 0 bridgehead atoms. The first-order valence-corrected chi connectivity index (χ1v) is 11.8. The molecule has 37 heavy (non-hydrogen) atoms. The van der Waals surface area contributed by atoms with Crippen LogP contribution in [0.4, 0.5) is 13.2 Å². The van der Waals surface area contributed by atoms with E-state index in [1.165, 1.54) is 0 Å². The fourth-order valence-corrected chi connectivity index (χ4v) is 4.63. The Balaban J connectivity index is 0.000000153. The number of carbonyl (C=O) groups is 1. The average Bonchev–Trinajstić information content (AvgIpc) is 2.91. The van der Waals surface area contributed by atoms with Gasteiger partial charge in [-0.05, 0) is 45.3 Å². The topological polar surface area (TPSA) is 46.5 Å². The first kappa shape index (κ1) is 24.5. The number of fused-ring (bicyclic) bond motifs is 3. The van der Waals surface area contributed by atoms with Crippen molar-refractivity contribution in [2.45, 2.75) is 24.8 Å². The van der Waals surface area contributed by atoms with Crippen molar-refractivity contribution in [2.75, 3.05) is 0 Å². The number of hydrogen-bond donors (Lipinski definition) is 1. The van der Waals surface area contributed by atoms with E-state index in [9.17, 15) is 23.1 Å². The highest BCUT2D eigenvalue weighted by atomic mass is 19.4. The number of para-hydroxylation sites is 1. The quantitative estimate of drug-likeness (QED) is 0.250. The summed E-state index contributed by atoms with van der Waals surface area (Å²) in [6.45, 7) is 0. The number of hydrogen-bond acceptors (Lipinski definition) is 3. The third kappa shape index (κ3) is 5.06. The second-order valence-corrected chi connectivity index (χ2v) is 8.82. The van der Waals surface area contributed by atoms with E-state index in [1.807, 2.05) is 60.7 Å². The van der Waals surface area contributed by atoms with E-state index in [0.717, 1.165) is 5.56 Å². The van der Waals surface area contributed by atoms with Crippen LogP contribution in [0.15, 0.2) is 109 Å². The molecule has 0 saturated carbocycles. The van der Waals surface area contributed by atoms with Gasteiger partial charge in [-0.15, -0.1) is 0 Å². The molecule has 1 N–H and O–H groups in total. The molecule has 0 aliphatic carbocycles. The highest BCUT2D eigenvalue weighted by molar-refractivity contribution is 6.02. The summed E-state index contributed by atoms with van der Waals surface area (Å²) in [6.07, 6.45) is -6.91. The molecule has 0 aromatic heterocycles. The first-order valence-electron chi connectivity index (χ1n) is 11.8. The van der Waals surface area contributed by atoms with Crippen LogP contribution in [0.2, 0.25) is 0 Å². The molecule has 0 amide bonds. The summed E-state index contributed by atoms with van der Waals surface area (Å²) in [6, 6.07) is 32.7. The Morgan fingerprint density at radius 2 is 1.30 bits per heavy atom. The molecule has 6 heteroatoms.